The van der Waals surface area contributed by atoms with Gasteiger partial charge in [-0.05, 0) is 0 Å². The first-order chi connectivity index (χ1) is 5.27. The summed E-state index contributed by atoms with van der Waals surface area (Å²) in [6, 6.07) is -0.761. The number of hydrogen-bond acceptors (Lipinski definition) is 3. The van der Waals surface area contributed by atoms with E-state index in [1.54, 1.807) is 0 Å². The molecule has 1 atom stereocenters. The summed E-state index contributed by atoms with van der Waals surface area (Å²) in [6.07, 6.45) is 0. The van der Waals surface area contributed by atoms with Crippen molar-refractivity contribution in [3.05, 3.63) is 0 Å². The first kappa shape index (κ1) is 6.60. The number of carbonyl (C=O) groups is 2. The van der Waals surface area contributed by atoms with Crippen molar-refractivity contribution in [2.75, 3.05) is 13.2 Å². The molecule has 5 heteroatoms. The fourth-order valence-corrected chi connectivity index (χ4v) is 1.21. The van der Waals surface area contributed by atoms with Gasteiger partial charge in [-0.25, -0.2) is 4.79 Å². The van der Waals surface area contributed by atoms with Crippen LogP contribution in [0.5, 0.6) is 0 Å². The van der Waals surface area contributed by atoms with Gasteiger partial charge in [0.05, 0.1) is 13.2 Å². The van der Waals surface area contributed by atoms with Gasteiger partial charge in [0.1, 0.15) is 6.04 Å². The Hall–Kier alpha value is -1.10. The van der Waals surface area contributed by atoms with Gasteiger partial charge in [0, 0.05) is 5.92 Å². The van der Waals surface area contributed by atoms with Crippen LogP contribution in [0, 0.1) is 5.92 Å². The first-order valence-corrected chi connectivity index (χ1v) is 3.46. The van der Waals surface area contributed by atoms with E-state index >= 15 is 0 Å². The number of amides is 3. The SMILES string of the molecule is O=C1NC(=O)C(C2COC2)N1. The Morgan fingerprint density at radius 2 is 2.09 bits per heavy atom. The van der Waals surface area contributed by atoms with E-state index in [2.05, 4.69) is 10.6 Å². The van der Waals surface area contributed by atoms with Crippen molar-refractivity contribution in [1.29, 1.82) is 0 Å². The molecular weight excluding hydrogens is 148 g/mol. The Bertz CT molecular complexity index is 212. The minimum atomic E-state index is -0.396. The summed E-state index contributed by atoms with van der Waals surface area (Å²) in [6.45, 7) is 1.14. The highest BCUT2D eigenvalue weighted by atomic mass is 16.5. The van der Waals surface area contributed by atoms with E-state index in [4.69, 9.17) is 4.74 Å². The molecular formula is C6H8N2O3. The summed E-state index contributed by atoms with van der Waals surface area (Å²) in [5, 5.41) is 4.70. The van der Waals surface area contributed by atoms with E-state index in [-0.39, 0.29) is 17.9 Å². The Balaban J connectivity index is 2.02. The van der Waals surface area contributed by atoms with Crippen LogP contribution in [0.1, 0.15) is 0 Å². The van der Waals surface area contributed by atoms with Gasteiger partial charge in [0.25, 0.3) is 5.91 Å². The Morgan fingerprint density at radius 1 is 1.36 bits per heavy atom. The van der Waals surface area contributed by atoms with E-state index in [0.29, 0.717) is 13.2 Å². The molecule has 0 saturated carbocycles. The summed E-state index contributed by atoms with van der Waals surface area (Å²) in [4.78, 5) is 21.6. The topological polar surface area (TPSA) is 67.4 Å². The highest BCUT2D eigenvalue weighted by Gasteiger charge is 2.39. The zero-order valence-corrected chi connectivity index (χ0v) is 5.79. The van der Waals surface area contributed by atoms with Crippen LogP contribution < -0.4 is 10.6 Å². The lowest BCUT2D eigenvalue weighted by Crippen LogP contribution is -2.46. The van der Waals surface area contributed by atoms with Crippen LogP contribution in [-0.4, -0.2) is 31.2 Å². The van der Waals surface area contributed by atoms with Gasteiger partial charge in [-0.1, -0.05) is 0 Å². The molecule has 0 aromatic heterocycles. The van der Waals surface area contributed by atoms with Crippen molar-refractivity contribution < 1.29 is 14.3 Å². The lowest BCUT2D eigenvalue weighted by atomic mass is 9.99. The minimum Gasteiger partial charge on any atom is -0.380 e. The molecule has 2 N–H and O–H groups in total. The van der Waals surface area contributed by atoms with Gasteiger partial charge < -0.3 is 10.1 Å². The maximum atomic E-state index is 11.0. The molecule has 0 spiro atoms. The third-order valence-electron chi connectivity index (χ3n) is 1.94. The predicted octanol–water partition coefficient (Wildman–Crippen LogP) is -1.16. The van der Waals surface area contributed by atoms with Crippen LogP contribution in [-0.2, 0) is 9.53 Å². The third kappa shape index (κ3) is 0.970. The van der Waals surface area contributed by atoms with E-state index < -0.39 is 6.03 Å². The molecule has 3 amide bonds. The highest BCUT2D eigenvalue weighted by molar-refractivity contribution is 6.04. The molecule has 0 aromatic rings. The second-order valence-electron chi connectivity index (χ2n) is 2.74. The fourth-order valence-electron chi connectivity index (χ4n) is 1.21. The maximum Gasteiger partial charge on any atom is 0.322 e. The third-order valence-corrected chi connectivity index (χ3v) is 1.94. The molecule has 60 valence electrons. The Morgan fingerprint density at radius 3 is 2.45 bits per heavy atom. The first-order valence-electron chi connectivity index (χ1n) is 3.46. The van der Waals surface area contributed by atoms with Gasteiger partial charge in [-0.3, -0.25) is 10.1 Å². The normalized spacial score (nSPS) is 31.1. The van der Waals surface area contributed by atoms with Crippen molar-refractivity contribution in [3.63, 3.8) is 0 Å². The minimum absolute atomic E-state index is 0.168. The number of nitrogens with one attached hydrogen (secondary N) is 2. The standard InChI is InChI=1S/C6H8N2O3/c9-5-4(3-1-11-2-3)7-6(10)8-5/h3-4H,1-2H2,(H2,7,8,9,10). The molecule has 2 aliphatic rings. The maximum absolute atomic E-state index is 11.0. The molecule has 11 heavy (non-hydrogen) atoms. The monoisotopic (exact) mass is 156 g/mol. The molecule has 1 unspecified atom stereocenters. The van der Waals surface area contributed by atoms with E-state index in [1.165, 1.54) is 0 Å². The van der Waals surface area contributed by atoms with Gasteiger partial charge in [-0.2, -0.15) is 0 Å². The predicted molar refractivity (Wildman–Crippen MR) is 34.8 cm³/mol. The van der Waals surface area contributed by atoms with E-state index in [0.717, 1.165) is 0 Å². The molecule has 0 bridgehead atoms. The number of urea groups is 1. The largest absolute Gasteiger partial charge is 0.380 e. The number of ether oxygens (including phenoxy) is 1. The van der Waals surface area contributed by atoms with Crippen molar-refractivity contribution in [2.24, 2.45) is 5.92 Å². The zero-order valence-electron chi connectivity index (χ0n) is 5.79. The van der Waals surface area contributed by atoms with Gasteiger partial charge in [0.2, 0.25) is 0 Å². The average molecular weight is 156 g/mol. The van der Waals surface area contributed by atoms with E-state index in [1.807, 2.05) is 0 Å². The highest BCUT2D eigenvalue weighted by Crippen LogP contribution is 2.16. The number of hydrogen-bond donors (Lipinski definition) is 2. The smallest absolute Gasteiger partial charge is 0.322 e. The molecule has 0 radical (unpaired) electrons. The number of rotatable bonds is 1. The quantitative estimate of drug-likeness (QED) is 0.470. The molecule has 0 aromatic carbocycles. The van der Waals surface area contributed by atoms with Crippen LogP contribution >= 0.6 is 0 Å². The van der Waals surface area contributed by atoms with Crippen molar-refractivity contribution in [3.8, 4) is 0 Å². The lowest BCUT2D eigenvalue weighted by molar-refractivity contribution is -0.126. The lowest BCUT2D eigenvalue weighted by Gasteiger charge is -2.29. The van der Waals surface area contributed by atoms with Crippen LogP contribution in [0.25, 0.3) is 0 Å². The summed E-state index contributed by atoms with van der Waals surface area (Å²) in [7, 11) is 0. The van der Waals surface area contributed by atoms with Gasteiger partial charge in [-0.15, -0.1) is 0 Å². The summed E-state index contributed by atoms with van der Waals surface area (Å²) >= 11 is 0. The Kier molecular flexibility index (Phi) is 1.32. The van der Waals surface area contributed by atoms with Crippen molar-refractivity contribution >= 4 is 11.9 Å². The molecule has 2 saturated heterocycles. The average Bonchev–Trinajstić information content (AvgIpc) is 2.07. The summed E-state index contributed by atoms with van der Waals surface area (Å²) < 4.78 is 4.90. The van der Waals surface area contributed by atoms with E-state index in [9.17, 15) is 9.59 Å². The Labute approximate surface area is 63.1 Å². The molecule has 2 aliphatic heterocycles. The van der Waals surface area contributed by atoms with Crippen LogP contribution in [0.3, 0.4) is 0 Å². The molecule has 2 fully saturated rings. The van der Waals surface area contributed by atoms with Gasteiger partial charge in [0.15, 0.2) is 0 Å². The van der Waals surface area contributed by atoms with Crippen LogP contribution in [0.2, 0.25) is 0 Å². The van der Waals surface area contributed by atoms with Crippen molar-refractivity contribution in [2.45, 2.75) is 6.04 Å². The fraction of sp³-hybridized carbons (Fsp3) is 0.667. The van der Waals surface area contributed by atoms with Gasteiger partial charge >= 0.3 is 6.03 Å². The molecule has 5 nitrogen and oxygen atoms in total. The number of carbonyl (C=O) groups excluding carboxylic acids is 2. The second-order valence-corrected chi connectivity index (χ2v) is 2.74. The molecule has 0 aliphatic carbocycles. The van der Waals surface area contributed by atoms with Crippen LogP contribution in [0.15, 0.2) is 0 Å². The molecule has 2 heterocycles. The zero-order chi connectivity index (χ0) is 7.84. The number of imide groups is 1. The second kappa shape index (κ2) is 2.20. The van der Waals surface area contributed by atoms with Crippen molar-refractivity contribution in [1.82, 2.24) is 10.6 Å². The molecule has 2 rings (SSSR count). The summed E-state index contributed by atoms with van der Waals surface area (Å²) in [5.41, 5.74) is 0. The summed E-state index contributed by atoms with van der Waals surface area (Å²) in [5.74, 6) is -0.0650. The van der Waals surface area contributed by atoms with Crippen LogP contribution in [0.4, 0.5) is 4.79 Å².